The van der Waals surface area contributed by atoms with Gasteiger partial charge in [0, 0.05) is 31.8 Å². The second kappa shape index (κ2) is 5.27. The van der Waals surface area contributed by atoms with Gasteiger partial charge >= 0.3 is 0 Å². The maximum Gasteiger partial charge on any atom is 0.221 e. The highest BCUT2D eigenvalue weighted by molar-refractivity contribution is 5.92. The zero-order chi connectivity index (χ0) is 12.1. The van der Waals surface area contributed by atoms with Gasteiger partial charge in [-0.05, 0) is 23.8 Å². The number of amides is 2. The number of hydrogen-bond donors (Lipinski definition) is 3. The van der Waals surface area contributed by atoms with Crippen molar-refractivity contribution >= 4 is 23.2 Å². The molecule has 0 atom stereocenters. The van der Waals surface area contributed by atoms with E-state index in [4.69, 9.17) is 5.73 Å². The molecule has 2 amide bonds. The Hall–Kier alpha value is -1.88. The van der Waals surface area contributed by atoms with Crippen LogP contribution in [-0.2, 0) is 16.1 Å². The molecule has 1 rings (SSSR count). The minimum Gasteiger partial charge on any atom is -0.326 e. The summed E-state index contributed by atoms with van der Waals surface area (Å²) in [6.07, 6.45) is 0. The molecule has 0 fully saturated rings. The second-order valence-electron chi connectivity index (χ2n) is 3.49. The van der Waals surface area contributed by atoms with Crippen LogP contribution < -0.4 is 16.4 Å². The molecule has 5 heteroatoms. The topological polar surface area (TPSA) is 84.2 Å². The Morgan fingerprint density at radius 2 is 1.50 bits per heavy atom. The predicted molar refractivity (Wildman–Crippen MR) is 62.9 cm³/mol. The summed E-state index contributed by atoms with van der Waals surface area (Å²) >= 11 is 0. The van der Waals surface area contributed by atoms with Crippen LogP contribution in [0.1, 0.15) is 19.4 Å². The lowest BCUT2D eigenvalue weighted by Crippen LogP contribution is -2.10. The van der Waals surface area contributed by atoms with Crippen LogP contribution in [0, 0.1) is 0 Å². The molecule has 0 saturated heterocycles. The summed E-state index contributed by atoms with van der Waals surface area (Å²) in [6.45, 7) is 3.19. The van der Waals surface area contributed by atoms with E-state index >= 15 is 0 Å². The summed E-state index contributed by atoms with van der Waals surface area (Å²) in [5.74, 6) is -0.328. The van der Waals surface area contributed by atoms with Gasteiger partial charge in [-0.1, -0.05) is 0 Å². The normalized spacial score (nSPS) is 9.69. The quantitative estimate of drug-likeness (QED) is 0.713. The fourth-order valence-corrected chi connectivity index (χ4v) is 1.36. The van der Waals surface area contributed by atoms with Crippen molar-refractivity contribution in [1.29, 1.82) is 0 Å². The van der Waals surface area contributed by atoms with Gasteiger partial charge in [0.1, 0.15) is 0 Å². The van der Waals surface area contributed by atoms with Gasteiger partial charge in [0.15, 0.2) is 0 Å². The van der Waals surface area contributed by atoms with Crippen LogP contribution in [0.3, 0.4) is 0 Å². The largest absolute Gasteiger partial charge is 0.326 e. The van der Waals surface area contributed by atoms with Crippen molar-refractivity contribution in [3.8, 4) is 0 Å². The first-order valence-corrected chi connectivity index (χ1v) is 4.90. The minimum absolute atomic E-state index is 0.164. The Bertz CT molecular complexity index is 381. The summed E-state index contributed by atoms with van der Waals surface area (Å²) in [7, 11) is 0. The van der Waals surface area contributed by atoms with Gasteiger partial charge in [0.2, 0.25) is 11.8 Å². The molecule has 0 radical (unpaired) electrons. The zero-order valence-corrected chi connectivity index (χ0v) is 9.33. The Morgan fingerprint density at radius 3 is 1.81 bits per heavy atom. The third-order valence-electron chi connectivity index (χ3n) is 1.87. The number of hydrogen-bond acceptors (Lipinski definition) is 3. The molecule has 4 N–H and O–H groups in total. The van der Waals surface area contributed by atoms with E-state index in [0.717, 1.165) is 5.56 Å². The number of carbonyl (C=O) groups excluding carboxylic acids is 2. The standard InChI is InChI=1S/C11H15N3O2/c1-7(15)13-10-3-9(6-12)4-11(5-10)14-8(2)16/h3-5H,6,12H2,1-2H3,(H,13,15)(H,14,16). The molecule has 1 aromatic carbocycles. The van der Waals surface area contributed by atoms with E-state index in [1.807, 2.05) is 0 Å². The Labute approximate surface area is 94.0 Å². The summed E-state index contributed by atoms with van der Waals surface area (Å²) in [5, 5.41) is 5.29. The Balaban J connectivity index is 3.00. The molecule has 1 aromatic rings. The fraction of sp³-hybridized carbons (Fsp3) is 0.273. The van der Waals surface area contributed by atoms with Crippen LogP contribution in [0.4, 0.5) is 11.4 Å². The summed E-state index contributed by atoms with van der Waals surface area (Å²) in [5.41, 5.74) is 7.61. The molecule has 86 valence electrons. The maximum absolute atomic E-state index is 10.9. The van der Waals surface area contributed by atoms with Crippen LogP contribution in [0.2, 0.25) is 0 Å². The molecule has 0 spiro atoms. The number of anilines is 2. The highest BCUT2D eigenvalue weighted by atomic mass is 16.2. The molecule has 0 saturated carbocycles. The van der Waals surface area contributed by atoms with Gasteiger partial charge in [0.25, 0.3) is 0 Å². The number of carbonyl (C=O) groups is 2. The molecular formula is C11H15N3O2. The minimum atomic E-state index is -0.164. The highest BCUT2D eigenvalue weighted by Crippen LogP contribution is 2.18. The molecule has 5 nitrogen and oxygen atoms in total. The number of rotatable bonds is 3. The summed E-state index contributed by atoms with van der Waals surface area (Å²) in [6, 6.07) is 5.22. The molecular weight excluding hydrogens is 206 g/mol. The van der Waals surface area contributed by atoms with Gasteiger partial charge in [0.05, 0.1) is 0 Å². The van der Waals surface area contributed by atoms with Crippen molar-refractivity contribution < 1.29 is 9.59 Å². The van der Waals surface area contributed by atoms with Gasteiger partial charge in [-0.2, -0.15) is 0 Å². The fourth-order valence-electron chi connectivity index (χ4n) is 1.36. The van der Waals surface area contributed by atoms with Crippen LogP contribution >= 0.6 is 0 Å². The average molecular weight is 221 g/mol. The van der Waals surface area contributed by atoms with Crippen molar-refractivity contribution in [1.82, 2.24) is 0 Å². The molecule has 16 heavy (non-hydrogen) atoms. The van der Waals surface area contributed by atoms with Crippen LogP contribution in [0.15, 0.2) is 18.2 Å². The molecule has 0 heterocycles. The van der Waals surface area contributed by atoms with Gasteiger partial charge in [-0.15, -0.1) is 0 Å². The molecule has 0 aliphatic rings. The number of benzene rings is 1. The first-order chi connectivity index (χ1) is 7.51. The van der Waals surface area contributed by atoms with Crippen LogP contribution in [0.25, 0.3) is 0 Å². The van der Waals surface area contributed by atoms with Crippen LogP contribution in [-0.4, -0.2) is 11.8 Å². The van der Waals surface area contributed by atoms with E-state index in [2.05, 4.69) is 10.6 Å². The molecule has 0 aromatic heterocycles. The smallest absolute Gasteiger partial charge is 0.221 e. The molecule has 0 bridgehead atoms. The maximum atomic E-state index is 10.9. The molecule has 0 aliphatic heterocycles. The van der Waals surface area contributed by atoms with Gasteiger partial charge in [-0.25, -0.2) is 0 Å². The zero-order valence-electron chi connectivity index (χ0n) is 9.33. The average Bonchev–Trinajstić information content (AvgIpc) is 2.14. The van der Waals surface area contributed by atoms with E-state index in [1.165, 1.54) is 13.8 Å². The third-order valence-corrected chi connectivity index (χ3v) is 1.87. The van der Waals surface area contributed by atoms with Crippen molar-refractivity contribution in [2.24, 2.45) is 5.73 Å². The number of nitrogens with two attached hydrogens (primary N) is 1. The SMILES string of the molecule is CC(=O)Nc1cc(CN)cc(NC(C)=O)c1. The van der Waals surface area contributed by atoms with Crippen molar-refractivity contribution in [3.05, 3.63) is 23.8 Å². The van der Waals surface area contributed by atoms with E-state index in [-0.39, 0.29) is 11.8 Å². The molecule has 0 aliphatic carbocycles. The highest BCUT2D eigenvalue weighted by Gasteiger charge is 2.02. The van der Waals surface area contributed by atoms with Gasteiger partial charge < -0.3 is 16.4 Å². The first-order valence-electron chi connectivity index (χ1n) is 4.90. The summed E-state index contributed by atoms with van der Waals surface area (Å²) in [4.78, 5) is 21.8. The lowest BCUT2D eigenvalue weighted by Gasteiger charge is -2.09. The van der Waals surface area contributed by atoms with E-state index < -0.39 is 0 Å². The first kappa shape index (κ1) is 12.2. The second-order valence-corrected chi connectivity index (χ2v) is 3.49. The van der Waals surface area contributed by atoms with E-state index in [1.54, 1.807) is 18.2 Å². The predicted octanol–water partition coefficient (Wildman–Crippen LogP) is 1.06. The van der Waals surface area contributed by atoms with Crippen LogP contribution in [0.5, 0.6) is 0 Å². The van der Waals surface area contributed by atoms with Gasteiger partial charge in [-0.3, -0.25) is 9.59 Å². The van der Waals surface area contributed by atoms with Crippen molar-refractivity contribution in [2.45, 2.75) is 20.4 Å². The Morgan fingerprint density at radius 1 is 1.06 bits per heavy atom. The van der Waals surface area contributed by atoms with Crippen molar-refractivity contribution in [2.75, 3.05) is 10.6 Å². The summed E-state index contributed by atoms with van der Waals surface area (Å²) < 4.78 is 0. The monoisotopic (exact) mass is 221 g/mol. The third kappa shape index (κ3) is 3.70. The number of nitrogens with one attached hydrogen (secondary N) is 2. The van der Waals surface area contributed by atoms with E-state index in [0.29, 0.717) is 17.9 Å². The lowest BCUT2D eigenvalue weighted by molar-refractivity contribution is -0.115. The van der Waals surface area contributed by atoms with E-state index in [9.17, 15) is 9.59 Å². The Kier molecular flexibility index (Phi) is 4.02. The molecule has 0 unspecified atom stereocenters. The van der Waals surface area contributed by atoms with Crippen molar-refractivity contribution in [3.63, 3.8) is 0 Å². The lowest BCUT2D eigenvalue weighted by atomic mass is 10.1.